The number of imide groups is 1. The standard InChI is InChI=1S/C19H19ClFN3O2S/c20-17-6-5-15(27-17)12-22-7-9-23(10-8-22)16-11-18(25)24(19(16)26)14-3-1-13(21)2-4-14/h1-6,16H,7-12H2. The number of anilines is 1. The van der Waals surface area contributed by atoms with E-state index in [1.165, 1.54) is 34.0 Å². The van der Waals surface area contributed by atoms with Crippen molar-refractivity contribution in [2.75, 3.05) is 31.1 Å². The van der Waals surface area contributed by atoms with Crippen molar-refractivity contribution in [3.05, 3.63) is 51.4 Å². The second kappa shape index (κ2) is 7.67. The first-order valence-corrected chi connectivity index (χ1v) is 10.0. The van der Waals surface area contributed by atoms with Gasteiger partial charge in [-0.3, -0.25) is 19.4 Å². The highest BCUT2D eigenvalue weighted by Crippen LogP contribution is 2.27. The number of amides is 2. The van der Waals surface area contributed by atoms with Crippen LogP contribution < -0.4 is 4.90 Å². The molecule has 0 N–H and O–H groups in total. The Morgan fingerprint density at radius 3 is 2.37 bits per heavy atom. The highest BCUT2D eigenvalue weighted by atomic mass is 35.5. The van der Waals surface area contributed by atoms with Crippen molar-refractivity contribution in [3.8, 4) is 0 Å². The summed E-state index contributed by atoms with van der Waals surface area (Å²) >= 11 is 7.57. The predicted octanol–water partition coefficient (Wildman–Crippen LogP) is 2.99. The van der Waals surface area contributed by atoms with E-state index in [9.17, 15) is 14.0 Å². The topological polar surface area (TPSA) is 43.9 Å². The van der Waals surface area contributed by atoms with Crippen LogP contribution in [0.3, 0.4) is 0 Å². The summed E-state index contributed by atoms with van der Waals surface area (Å²) in [5, 5.41) is 0. The zero-order valence-corrected chi connectivity index (χ0v) is 16.2. The van der Waals surface area contributed by atoms with Gasteiger partial charge >= 0.3 is 0 Å². The van der Waals surface area contributed by atoms with Gasteiger partial charge in [-0.1, -0.05) is 11.6 Å². The molecule has 2 amide bonds. The van der Waals surface area contributed by atoms with Crippen molar-refractivity contribution >= 4 is 40.4 Å². The van der Waals surface area contributed by atoms with Gasteiger partial charge in [-0.15, -0.1) is 11.3 Å². The maximum Gasteiger partial charge on any atom is 0.251 e. The number of benzene rings is 1. The Balaban J connectivity index is 1.38. The van der Waals surface area contributed by atoms with Gasteiger partial charge in [0.05, 0.1) is 22.5 Å². The van der Waals surface area contributed by atoms with Crippen LogP contribution in [-0.4, -0.2) is 53.8 Å². The van der Waals surface area contributed by atoms with Gasteiger partial charge in [0.2, 0.25) is 5.91 Å². The van der Waals surface area contributed by atoms with Crippen molar-refractivity contribution in [1.82, 2.24) is 9.80 Å². The first-order chi connectivity index (χ1) is 13.0. The van der Waals surface area contributed by atoms with Crippen molar-refractivity contribution in [3.63, 3.8) is 0 Å². The SMILES string of the molecule is O=C1CC(N2CCN(Cc3ccc(Cl)s3)CC2)C(=O)N1c1ccc(F)cc1. The lowest BCUT2D eigenvalue weighted by Crippen LogP contribution is -2.52. The van der Waals surface area contributed by atoms with Gasteiger partial charge in [-0.2, -0.15) is 0 Å². The number of hydrogen-bond acceptors (Lipinski definition) is 5. The Kier molecular flexibility index (Phi) is 5.27. The Morgan fingerprint density at radius 2 is 1.74 bits per heavy atom. The van der Waals surface area contributed by atoms with Crippen molar-refractivity contribution in [1.29, 1.82) is 0 Å². The van der Waals surface area contributed by atoms with Gasteiger partial charge in [-0.25, -0.2) is 9.29 Å². The van der Waals surface area contributed by atoms with E-state index in [4.69, 9.17) is 11.6 Å². The smallest absolute Gasteiger partial charge is 0.251 e. The monoisotopic (exact) mass is 407 g/mol. The van der Waals surface area contributed by atoms with Crippen molar-refractivity contribution in [2.24, 2.45) is 0 Å². The number of halogens is 2. The molecule has 4 rings (SSSR count). The van der Waals surface area contributed by atoms with Crippen LogP contribution >= 0.6 is 22.9 Å². The molecular weight excluding hydrogens is 389 g/mol. The van der Waals surface area contributed by atoms with E-state index < -0.39 is 11.9 Å². The summed E-state index contributed by atoms with van der Waals surface area (Å²) in [5.74, 6) is -0.838. The van der Waals surface area contributed by atoms with Crippen LogP contribution in [0, 0.1) is 5.82 Å². The zero-order chi connectivity index (χ0) is 19.0. The van der Waals surface area contributed by atoms with Crippen molar-refractivity contribution in [2.45, 2.75) is 19.0 Å². The van der Waals surface area contributed by atoms with E-state index in [2.05, 4.69) is 9.80 Å². The molecule has 0 bridgehead atoms. The lowest BCUT2D eigenvalue weighted by atomic mass is 10.1. The van der Waals surface area contributed by atoms with Crippen molar-refractivity contribution < 1.29 is 14.0 Å². The van der Waals surface area contributed by atoms with E-state index in [0.717, 1.165) is 37.1 Å². The van der Waals surface area contributed by atoms with E-state index in [1.54, 1.807) is 11.3 Å². The number of hydrogen-bond donors (Lipinski definition) is 0. The normalized spacial score (nSPS) is 22.0. The number of carbonyl (C=O) groups excluding carboxylic acids is 2. The molecule has 1 atom stereocenters. The van der Waals surface area contributed by atoms with Crippen LogP contribution in [0.2, 0.25) is 4.34 Å². The van der Waals surface area contributed by atoms with E-state index in [-0.39, 0.29) is 18.2 Å². The summed E-state index contributed by atoms with van der Waals surface area (Å²) in [5.41, 5.74) is 0.433. The molecule has 27 heavy (non-hydrogen) atoms. The third-order valence-corrected chi connectivity index (χ3v) is 6.28. The highest BCUT2D eigenvalue weighted by molar-refractivity contribution is 7.16. The molecule has 1 aromatic heterocycles. The fourth-order valence-corrected chi connectivity index (χ4v) is 4.78. The maximum atomic E-state index is 13.1. The lowest BCUT2D eigenvalue weighted by molar-refractivity contribution is -0.123. The fourth-order valence-electron chi connectivity index (χ4n) is 3.65. The molecule has 0 radical (unpaired) electrons. The fraction of sp³-hybridized carbons (Fsp3) is 0.368. The molecule has 2 aliphatic heterocycles. The van der Waals surface area contributed by atoms with Crippen LogP contribution in [0.5, 0.6) is 0 Å². The summed E-state index contributed by atoms with van der Waals surface area (Å²) in [4.78, 5) is 32.0. The molecule has 0 spiro atoms. The molecule has 2 fully saturated rings. The number of rotatable bonds is 4. The van der Waals surface area contributed by atoms with Crippen LogP contribution in [0.1, 0.15) is 11.3 Å². The highest BCUT2D eigenvalue weighted by Gasteiger charge is 2.43. The quantitative estimate of drug-likeness (QED) is 0.731. The van der Waals surface area contributed by atoms with Crippen LogP contribution in [0.4, 0.5) is 10.1 Å². The maximum absolute atomic E-state index is 13.1. The minimum absolute atomic E-state index is 0.177. The molecule has 1 unspecified atom stereocenters. The van der Waals surface area contributed by atoms with Gasteiger partial charge in [0, 0.05) is 37.6 Å². The first-order valence-electron chi connectivity index (χ1n) is 8.84. The molecule has 2 saturated heterocycles. The first kappa shape index (κ1) is 18.6. The van der Waals surface area contributed by atoms with Gasteiger partial charge in [0.1, 0.15) is 5.82 Å². The molecule has 142 valence electrons. The summed E-state index contributed by atoms with van der Waals surface area (Å²) in [6.07, 6.45) is 0.177. The van der Waals surface area contributed by atoms with E-state index >= 15 is 0 Å². The molecule has 3 heterocycles. The number of nitrogens with zero attached hydrogens (tertiary/aromatic N) is 3. The van der Waals surface area contributed by atoms with Gasteiger partial charge in [0.15, 0.2) is 0 Å². The second-order valence-electron chi connectivity index (χ2n) is 6.78. The average Bonchev–Trinajstić information content (AvgIpc) is 3.19. The molecule has 0 aliphatic carbocycles. The summed E-state index contributed by atoms with van der Waals surface area (Å²) in [6, 6.07) is 8.98. The Hall–Kier alpha value is -1.80. The average molecular weight is 408 g/mol. The summed E-state index contributed by atoms with van der Waals surface area (Å²) in [6.45, 7) is 4.00. The zero-order valence-electron chi connectivity index (χ0n) is 14.6. The number of carbonyl (C=O) groups is 2. The predicted molar refractivity (Wildman–Crippen MR) is 103 cm³/mol. The van der Waals surface area contributed by atoms with Gasteiger partial charge in [0.25, 0.3) is 5.91 Å². The largest absolute Gasteiger partial charge is 0.296 e. The minimum atomic E-state index is -0.430. The second-order valence-corrected chi connectivity index (χ2v) is 8.58. The van der Waals surface area contributed by atoms with Crippen LogP contribution in [0.25, 0.3) is 0 Å². The molecule has 0 saturated carbocycles. The minimum Gasteiger partial charge on any atom is -0.296 e. The van der Waals surface area contributed by atoms with Gasteiger partial charge in [-0.05, 0) is 36.4 Å². The molecule has 8 heteroatoms. The molecule has 5 nitrogen and oxygen atoms in total. The van der Waals surface area contributed by atoms with Crippen LogP contribution in [-0.2, 0) is 16.1 Å². The molecular formula is C19H19ClFN3O2S. The Bertz CT molecular complexity index is 849. The third kappa shape index (κ3) is 3.91. The Labute approximate surface area is 165 Å². The third-order valence-electron chi connectivity index (χ3n) is 5.06. The van der Waals surface area contributed by atoms with Gasteiger partial charge < -0.3 is 0 Å². The van der Waals surface area contributed by atoms with Crippen LogP contribution in [0.15, 0.2) is 36.4 Å². The van der Waals surface area contributed by atoms with E-state index in [1.807, 2.05) is 12.1 Å². The molecule has 2 aromatic rings. The molecule has 2 aliphatic rings. The molecule has 1 aromatic carbocycles. The Morgan fingerprint density at radius 1 is 1.04 bits per heavy atom. The van der Waals surface area contributed by atoms with E-state index in [0.29, 0.717) is 5.69 Å². The lowest BCUT2D eigenvalue weighted by Gasteiger charge is -2.36. The summed E-state index contributed by atoms with van der Waals surface area (Å²) in [7, 11) is 0. The summed E-state index contributed by atoms with van der Waals surface area (Å²) < 4.78 is 13.9. The number of thiophene rings is 1. The number of piperazine rings is 1.